The van der Waals surface area contributed by atoms with E-state index in [1.807, 2.05) is 0 Å². The van der Waals surface area contributed by atoms with Gasteiger partial charge < -0.3 is 5.11 Å². The van der Waals surface area contributed by atoms with E-state index >= 15 is 0 Å². The van der Waals surface area contributed by atoms with E-state index in [1.165, 1.54) is 12.1 Å². The molecular formula is C18H8F6O3S. The summed E-state index contributed by atoms with van der Waals surface area (Å²) in [5.74, 6) is 0. The Bertz CT molecular complexity index is 1110. The topological polar surface area (TPSA) is 54.4 Å². The predicted molar refractivity (Wildman–Crippen MR) is 90.6 cm³/mol. The Morgan fingerprint density at radius 1 is 0.857 bits per heavy atom. The van der Waals surface area contributed by atoms with Gasteiger partial charge in [-0.1, -0.05) is 17.4 Å². The van der Waals surface area contributed by atoms with Crippen molar-refractivity contribution in [2.45, 2.75) is 12.4 Å². The van der Waals surface area contributed by atoms with Crippen LogP contribution in [0.5, 0.6) is 5.06 Å². The van der Waals surface area contributed by atoms with E-state index in [1.54, 1.807) is 0 Å². The summed E-state index contributed by atoms with van der Waals surface area (Å²) in [7, 11) is 0. The molecule has 0 bridgehead atoms. The number of halogens is 6. The standard InChI is InChI=1S/C18H8F6O3S/c19-17(20,21)10-3-9(4-11(6-10)18(22,23)24)8-1-2-14-12(5-8)15(26)13(7-25)16(27)28-14/h1-7,27H. The van der Waals surface area contributed by atoms with Crippen LogP contribution in [0.1, 0.15) is 21.5 Å². The molecule has 0 radical (unpaired) electrons. The molecule has 146 valence electrons. The van der Waals surface area contributed by atoms with Crippen LogP contribution in [0.3, 0.4) is 0 Å². The molecule has 3 aromatic rings. The Labute approximate surface area is 156 Å². The number of benzene rings is 2. The zero-order valence-electron chi connectivity index (χ0n) is 13.5. The molecule has 2 aromatic carbocycles. The number of rotatable bonds is 2. The Morgan fingerprint density at radius 2 is 1.43 bits per heavy atom. The van der Waals surface area contributed by atoms with Crippen molar-refractivity contribution < 1.29 is 36.2 Å². The summed E-state index contributed by atoms with van der Waals surface area (Å²) in [4.78, 5) is 23.2. The minimum atomic E-state index is -5.00. The van der Waals surface area contributed by atoms with Crippen LogP contribution >= 0.6 is 11.3 Å². The van der Waals surface area contributed by atoms with Gasteiger partial charge in [0.2, 0.25) is 5.43 Å². The van der Waals surface area contributed by atoms with Crippen molar-refractivity contribution in [2.75, 3.05) is 0 Å². The lowest BCUT2D eigenvalue weighted by Gasteiger charge is -2.14. The molecule has 0 fully saturated rings. The van der Waals surface area contributed by atoms with Crippen molar-refractivity contribution >= 4 is 27.7 Å². The molecule has 0 amide bonds. The monoisotopic (exact) mass is 418 g/mol. The van der Waals surface area contributed by atoms with Crippen molar-refractivity contribution in [1.82, 2.24) is 0 Å². The molecule has 1 N–H and O–H groups in total. The van der Waals surface area contributed by atoms with Crippen LogP contribution in [0.25, 0.3) is 21.2 Å². The maximum absolute atomic E-state index is 13.0. The van der Waals surface area contributed by atoms with Gasteiger partial charge in [-0.15, -0.1) is 0 Å². The highest BCUT2D eigenvalue weighted by Gasteiger charge is 2.37. The van der Waals surface area contributed by atoms with Gasteiger partial charge >= 0.3 is 12.4 Å². The summed E-state index contributed by atoms with van der Waals surface area (Å²) in [5, 5.41) is 9.03. The second-order valence-electron chi connectivity index (χ2n) is 5.77. The Hall–Kier alpha value is -2.88. The largest absolute Gasteiger partial charge is 0.499 e. The zero-order chi connectivity index (χ0) is 20.9. The van der Waals surface area contributed by atoms with Gasteiger partial charge in [0.1, 0.15) is 5.56 Å². The third-order valence-electron chi connectivity index (χ3n) is 3.94. The quantitative estimate of drug-likeness (QED) is 0.443. The molecule has 0 spiro atoms. The second kappa shape index (κ2) is 6.62. The minimum Gasteiger partial charge on any atom is -0.499 e. The number of fused-ring (bicyclic) bond motifs is 1. The fourth-order valence-electron chi connectivity index (χ4n) is 2.60. The van der Waals surface area contributed by atoms with Crippen LogP contribution in [0.2, 0.25) is 0 Å². The summed E-state index contributed by atoms with van der Waals surface area (Å²) in [6.45, 7) is 0. The van der Waals surface area contributed by atoms with Crippen molar-refractivity contribution in [2.24, 2.45) is 0 Å². The van der Waals surface area contributed by atoms with E-state index in [0.29, 0.717) is 23.5 Å². The van der Waals surface area contributed by atoms with E-state index in [4.69, 9.17) is 0 Å². The third-order valence-corrected chi connectivity index (χ3v) is 4.93. The van der Waals surface area contributed by atoms with E-state index in [2.05, 4.69) is 0 Å². The molecule has 0 unspecified atom stereocenters. The molecule has 0 saturated heterocycles. The maximum Gasteiger partial charge on any atom is 0.416 e. The van der Waals surface area contributed by atoms with Gasteiger partial charge in [-0.05, 0) is 41.5 Å². The number of carbonyl (C=O) groups excluding carboxylic acids is 1. The fraction of sp³-hybridized carbons (Fsp3) is 0.111. The first-order valence-corrected chi connectivity index (χ1v) is 8.28. The van der Waals surface area contributed by atoms with Gasteiger partial charge in [0.25, 0.3) is 0 Å². The molecule has 10 heteroatoms. The Balaban J connectivity index is 2.30. The fourth-order valence-corrected chi connectivity index (χ4v) is 3.46. The van der Waals surface area contributed by atoms with Gasteiger partial charge in [-0.2, -0.15) is 26.3 Å². The number of hydrogen-bond acceptors (Lipinski definition) is 4. The number of carbonyl (C=O) groups is 1. The molecule has 28 heavy (non-hydrogen) atoms. The first-order chi connectivity index (χ1) is 12.9. The van der Waals surface area contributed by atoms with E-state index in [-0.39, 0.29) is 28.0 Å². The van der Waals surface area contributed by atoms with Crippen LogP contribution in [0.15, 0.2) is 41.2 Å². The average Bonchev–Trinajstić information content (AvgIpc) is 2.60. The number of alkyl halides is 6. The SMILES string of the molecule is O=Cc1c(O)sc2ccc(-c3cc(C(F)(F)F)cc(C(F)(F)F)c3)cc2c1=O. The molecule has 3 nitrogen and oxygen atoms in total. The normalized spacial score (nSPS) is 12.4. The first-order valence-electron chi connectivity index (χ1n) is 7.46. The number of hydrogen-bond donors (Lipinski definition) is 1. The lowest BCUT2D eigenvalue weighted by molar-refractivity contribution is -0.143. The lowest BCUT2D eigenvalue weighted by Crippen LogP contribution is -2.11. The van der Waals surface area contributed by atoms with Gasteiger partial charge in [0, 0.05) is 10.1 Å². The summed E-state index contributed by atoms with van der Waals surface area (Å²) < 4.78 is 78.4. The highest BCUT2D eigenvalue weighted by atomic mass is 32.1. The Kier molecular flexibility index (Phi) is 4.70. The molecule has 1 aromatic heterocycles. The molecular weight excluding hydrogens is 410 g/mol. The van der Waals surface area contributed by atoms with Crippen LogP contribution in [0, 0.1) is 0 Å². The van der Waals surface area contributed by atoms with Gasteiger partial charge in [0.05, 0.1) is 11.1 Å². The summed E-state index contributed by atoms with van der Waals surface area (Å²) in [5.41, 5.74) is -4.84. The second-order valence-corrected chi connectivity index (χ2v) is 6.80. The molecule has 0 saturated carbocycles. The molecule has 0 aliphatic heterocycles. The van der Waals surface area contributed by atoms with Gasteiger partial charge in [-0.25, -0.2) is 0 Å². The van der Waals surface area contributed by atoms with Crippen LogP contribution in [-0.4, -0.2) is 11.4 Å². The molecule has 3 rings (SSSR count). The molecule has 0 atom stereocenters. The predicted octanol–water partition coefficient (Wildman–Crippen LogP) is 5.48. The average molecular weight is 418 g/mol. The Morgan fingerprint density at radius 3 is 1.93 bits per heavy atom. The maximum atomic E-state index is 13.0. The smallest absolute Gasteiger partial charge is 0.416 e. The number of aromatic hydroxyl groups is 1. The molecule has 1 heterocycles. The van der Waals surface area contributed by atoms with Crippen LogP contribution in [0.4, 0.5) is 26.3 Å². The van der Waals surface area contributed by atoms with E-state index in [0.717, 1.165) is 6.07 Å². The van der Waals surface area contributed by atoms with Gasteiger partial charge in [-0.3, -0.25) is 9.59 Å². The van der Waals surface area contributed by atoms with Crippen LogP contribution < -0.4 is 5.43 Å². The summed E-state index contributed by atoms with van der Waals surface area (Å²) in [6.07, 6.45) is -9.88. The zero-order valence-corrected chi connectivity index (χ0v) is 14.3. The number of aldehydes is 1. The third kappa shape index (κ3) is 3.59. The first kappa shape index (κ1) is 19.9. The highest BCUT2D eigenvalue weighted by molar-refractivity contribution is 7.20. The van der Waals surface area contributed by atoms with Gasteiger partial charge in [0.15, 0.2) is 11.3 Å². The minimum absolute atomic E-state index is 0.00812. The van der Waals surface area contributed by atoms with Crippen molar-refractivity contribution in [3.63, 3.8) is 0 Å². The summed E-state index contributed by atoms with van der Waals surface area (Å²) >= 11 is 0.690. The van der Waals surface area contributed by atoms with Crippen molar-refractivity contribution in [3.8, 4) is 16.2 Å². The van der Waals surface area contributed by atoms with E-state index in [9.17, 15) is 41.0 Å². The van der Waals surface area contributed by atoms with Crippen LogP contribution in [-0.2, 0) is 12.4 Å². The highest BCUT2D eigenvalue weighted by Crippen LogP contribution is 2.39. The van der Waals surface area contributed by atoms with E-state index < -0.39 is 45.1 Å². The summed E-state index contributed by atoms with van der Waals surface area (Å²) in [6, 6.07) is 4.70. The molecule has 0 aliphatic rings. The lowest BCUT2D eigenvalue weighted by atomic mass is 9.98. The van der Waals surface area contributed by atoms with Crippen molar-refractivity contribution in [1.29, 1.82) is 0 Å². The molecule has 0 aliphatic carbocycles. The van der Waals surface area contributed by atoms with Crippen molar-refractivity contribution in [3.05, 3.63) is 63.3 Å².